The summed E-state index contributed by atoms with van der Waals surface area (Å²) in [4.78, 5) is 0. The SMILES string of the molecule is CNCCc1cnn(-c2ccccc2C)c1Cl. The van der Waals surface area contributed by atoms with Crippen LogP contribution in [0.25, 0.3) is 5.69 Å². The van der Waals surface area contributed by atoms with Crippen molar-refractivity contribution in [1.29, 1.82) is 0 Å². The van der Waals surface area contributed by atoms with Gasteiger partial charge in [0.25, 0.3) is 0 Å². The zero-order valence-corrected chi connectivity index (χ0v) is 10.8. The molecule has 0 unspecified atom stereocenters. The van der Waals surface area contributed by atoms with Gasteiger partial charge in [-0.2, -0.15) is 5.10 Å². The van der Waals surface area contributed by atoms with Gasteiger partial charge in [-0.1, -0.05) is 29.8 Å². The highest BCUT2D eigenvalue weighted by atomic mass is 35.5. The third-order valence-corrected chi connectivity index (χ3v) is 3.17. The summed E-state index contributed by atoms with van der Waals surface area (Å²) in [5, 5.41) is 8.17. The number of aryl methyl sites for hydroxylation is 1. The van der Waals surface area contributed by atoms with E-state index in [4.69, 9.17) is 11.6 Å². The Morgan fingerprint density at radius 3 is 2.82 bits per heavy atom. The van der Waals surface area contributed by atoms with Gasteiger partial charge in [-0.3, -0.25) is 0 Å². The van der Waals surface area contributed by atoms with E-state index < -0.39 is 0 Å². The maximum absolute atomic E-state index is 6.34. The predicted octanol–water partition coefficient (Wildman–Crippen LogP) is 2.60. The molecule has 0 saturated heterocycles. The number of benzene rings is 1. The van der Waals surface area contributed by atoms with Gasteiger partial charge in [0.15, 0.2) is 0 Å². The number of nitrogens with zero attached hydrogens (tertiary/aromatic N) is 2. The second kappa shape index (κ2) is 5.34. The van der Waals surface area contributed by atoms with E-state index in [1.807, 2.05) is 31.4 Å². The lowest BCUT2D eigenvalue weighted by molar-refractivity contribution is 0.791. The molecule has 1 heterocycles. The molecular weight excluding hydrogens is 234 g/mol. The van der Waals surface area contributed by atoms with Gasteiger partial charge in [-0.25, -0.2) is 4.68 Å². The van der Waals surface area contributed by atoms with Crippen molar-refractivity contribution in [3.8, 4) is 5.69 Å². The van der Waals surface area contributed by atoms with Crippen molar-refractivity contribution >= 4 is 11.6 Å². The Kier molecular flexibility index (Phi) is 3.82. The van der Waals surface area contributed by atoms with Crippen LogP contribution in [0.5, 0.6) is 0 Å². The van der Waals surface area contributed by atoms with Crippen molar-refractivity contribution in [3.63, 3.8) is 0 Å². The summed E-state index contributed by atoms with van der Waals surface area (Å²) in [5.41, 5.74) is 3.27. The molecule has 1 N–H and O–H groups in total. The van der Waals surface area contributed by atoms with E-state index in [1.165, 1.54) is 0 Å². The van der Waals surface area contributed by atoms with E-state index in [9.17, 15) is 0 Å². The summed E-state index contributed by atoms with van der Waals surface area (Å²) in [6.07, 6.45) is 2.73. The first-order valence-corrected chi connectivity index (χ1v) is 6.05. The lowest BCUT2D eigenvalue weighted by Crippen LogP contribution is -2.10. The minimum atomic E-state index is 0.703. The molecule has 0 aliphatic carbocycles. The molecule has 0 spiro atoms. The van der Waals surface area contributed by atoms with E-state index in [0.29, 0.717) is 5.15 Å². The average molecular weight is 250 g/mol. The van der Waals surface area contributed by atoms with Gasteiger partial charge < -0.3 is 5.32 Å². The molecule has 1 aromatic carbocycles. The Bertz CT molecular complexity index is 505. The fourth-order valence-corrected chi connectivity index (χ4v) is 2.04. The van der Waals surface area contributed by atoms with E-state index in [0.717, 1.165) is 29.8 Å². The Labute approximate surface area is 106 Å². The average Bonchev–Trinajstić information content (AvgIpc) is 2.69. The van der Waals surface area contributed by atoms with Crippen molar-refractivity contribution in [2.75, 3.05) is 13.6 Å². The van der Waals surface area contributed by atoms with Crippen LogP contribution < -0.4 is 5.32 Å². The van der Waals surface area contributed by atoms with E-state index in [-0.39, 0.29) is 0 Å². The van der Waals surface area contributed by atoms with Crippen molar-refractivity contribution in [2.45, 2.75) is 13.3 Å². The topological polar surface area (TPSA) is 29.9 Å². The number of aromatic nitrogens is 2. The minimum absolute atomic E-state index is 0.703. The predicted molar refractivity (Wildman–Crippen MR) is 70.9 cm³/mol. The van der Waals surface area contributed by atoms with Crippen LogP contribution in [0.4, 0.5) is 0 Å². The van der Waals surface area contributed by atoms with Crippen LogP contribution in [0.15, 0.2) is 30.5 Å². The molecule has 90 valence electrons. The highest BCUT2D eigenvalue weighted by Crippen LogP contribution is 2.22. The zero-order chi connectivity index (χ0) is 12.3. The van der Waals surface area contributed by atoms with Gasteiger partial charge in [-0.05, 0) is 38.6 Å². The summed E-state index contributed by atoms with van der Waals surface area (Å²) in [6, 6.07) is 8.09. The molecule has 0 atom stereocenters. The van der Waals surface area contributed by atoms with Crippen LogP contribution in [0.3, 0.4) is 0 Å². The smallest absolute Gasteiger partial charge is 0.136 e. The second-order valence-corrected chi connectivity index (χ2v) is 4.37. The van der Waals surface area contributed by atoms with Crippen LogP contribution in [-0.2, 0) is 6.42 Å². The Morgan fingerprint density at radius 2 is 2.12 bits per heavy atom. The first-order valence-electron chi connectivity index (χ1n) is 5.67. The van der Waals surface area contributed by atoms with Crippen LogP contribution in [0.2, 0.25) is 5.15 Å². The van der Waals surface area contributed by atoms with E-state index in [1.54, 1.807) is 4.68 Å². The number of hydrogen-bond donors (Lipinski definition) is 1. The van der Waals surface area contributed by atoms with Gasteiger partial charge in [0.2, 0.25) is 0 Å². The summed E-state index contributed by atoms with van der Waals surface area (Å²) in [5.74, 6) is 0. The highest BCUT2D eigenvalue weighted by Gasteiger charge is 2.10. The van der Waals surface area contributed by atoms with Crippen molar-refractivity contribution < 1.29 is 0 Å². The first-order chi connectivity index (χ1) is 8.24. The fourth-order valence-electron chi connectivity index (χ4n) is 1.76. The third-order valence-electron chi connectivity index (χ3n) is 2.77. The van der Waals surface area contributed by atoms with Gasteiger partial charge in [0.05, 0.1) is 11.9 Å². The van der Waals surface area contributed by atoms with Crippen LogP contribution in [0, 0.1) is 6.92 Å². The van der Waals surface area contributed by atoms with Crippen molar-refractivity contribution in [2.24, 2.45) is 0 Å². The van der Waals surface area contributed by atoms with Crippen LogP contribution in [-0.4, -0.2) is 23.4 Å². The number of rotatable bonds is 4. The molecule has 0 radical (unpaired) electrons. The number of para-hydroxylation sites is 1. The molecule has 2 aromatic rings. The number of nitrogens with one attached hydrogen (secondary N) is 1. The fraction of sp³-hybridized carbons (Fsp3) is 0.308. The van der Waals surface area contributed by atoms with Gasteiger partial charge >= 0.3 is 0 Å². The normalized spacial score (nSPS) is 10.8. The quantitative estimate of drug-likeness (QED) is 0.903. The summed E-state index contributed by atoms with van der Waals surface area (Å²) >= 11 is 6.34. The van der Waals surface area contributed by atoms with Gasteiger partial charge in [-0.15, -0.1) is 0 Å². The molecular formula is C13H16ClN3. The summed E-state index contributed by atoms with van der Waals surface area (Å²) < 4.78 is 1.79. The molecule has 1 aromatic heterocycles. The Hall–Kier alpha value is -1.32. The van der Waals surface area contributed by atoms with E-state index >= 15 is 0 Å². The molecule has 0 amide bonds. The van der Waals surface area contributed by atoms with Crippen LogP contribution >= 0.6 is 11.6 Å². The summed E-state index contributed by atoms with van der Waals surface area (Å²) in [6.45, 7) is 2.96. The van der Waals surface area contributed by atoms with E-state index in [2.05, 4.69) is 23.4 Å². The molecule has 0 aliphatic rings. The maximum Gasteiger partial charge on any atom is 0.136 e. The number of halogens is 1. The third kappa shape index (κ3) is 2.51. The first kappa shape index (κ1) is 12.1. The maximum atomic E-state index is 6.34. The Morgan fingerprint density at radius 1 is 1.35 bits per heavy atom. The number of likely N-dealkylation sites (N-methyl/N-ethyl adjacent to an activating group) is 1. The Balaban J connectivity index is 2.34. The monoisotopic (exact) mass is 249 g/mol. The molecule has 0 saturated carbocycles. The number of hydrogen-bond acceptors (Lipinski definition) is 2. The minimum Gasteiger partial charge on any atom is -0.319 e. The molecule has 2 rings (SSSR count). The van der Waals surface area contributed by atoms with Crippen molar-refractivity contribution in [3.05, 3.63) is 46.7 Å². The molecule has 4 heteroatoms. The molecule has 17 heavy (non-hydrogen) atoms. The molecule has 0 fully saturated rings. The van der Waals surface area contributed by atoms with Gasteiger partial charge in [0, 0.05) is 5.56 Å². The van der Waals surface area contributed by atoms with Crippen LogP contribution in [0.1, 0.15) is 11.1 Å². The molecule has 0 bridgehead atoms. The highest BCUT2D eigenvalue weighted by molar-refractivity contribution is 6.30. The lowest BCUT2D eigenvalue weighted by Gasteiger charge is -2.07. The molecule has 3 nitrogen and oxygen atoms in total. The standard InChI is InChI=1S/C13H16ClN3/c1-10-5-3-4-6-12(10)17-13(14)11(9-16-17)7-8-15-2/h3-6,9,15H,7-8H2,1-2H3. The molecule has 0 aliphatic heterocycles. The summed E-state index contributed by atoms with van der Waals surface area (Å²) in [7, 11) is 1.93. The largest absolute Gasteiger partial charge is 0.319 e. The van der Waals surface area contributed by atoms with Gasteiger partial charge in [0.1, 0.15) is 5.15 Å². The lowest BCUT2D eigenvalue weighted by atomic mass is 10.2. The zero-order valence-electron chi connectivity index (χ0n) is 10.1. The second-order valence-electron chi connectivity index (χ2n) is 4.01. The van der Waals surface area contributed by atoms with Crippen molar-refractivity contribution in [1.82, 2.24) is 15.1 Å².